The standard InChI is InChI=1S/C23H20N6OS2/c30-20(15-16-5-3-13-31-16)27-9-11-28(12-10-27)23-24-18-7-2-1-6-17(18)21-25-26-22(29(21)23)19-8-4-14-32-19/h1-8,13-14H,9-12,15H2. The van der Waals surface area contributed by atoms with Crippen molar-refractivity contribution in [3.05, 3.63) is 64.2 Å². The number of piperazine rings is 1. The van der Waals surface area contributed by atoms with Crippen LogP contribution in [-0.2, 0) is 11.2 Å². The van der Waals surface area contributed by atoms with Crippen LogP contribution in [0.25, 0.3) is 27.3 Å². The highest BCUT2D eigenvalue weighted by Gasteiger charge is 2.26. The van der Waals surface area contributed by atoms with Gasteiger partial charge in [-0.2, -0.15) is 0 Å². The first-order valence-electron chi connectivity index (χ1n) is 10.5. The Morgan fingerprint density at radius 1 is 0.906 bits per heavy atom. The second kappa shape index (κ2) is 7.99. The number of carbonyl (C=O) groups excluding carboxylic acids is 1. The molecule has 0 spiro atoms. The number of thiophene rings is 2. The number of carbonyl (C=O) groups is 1. The van der Waals surface area contributed by atoms with E-state index in [-0.39, 0.29) is 5.91 Å². The van der Waals surface area contributed by atoms with Gasteiger partial charge in [-0.15, -0.1) is 32.9 Å². The molecule has 0 aliphatic carbocycles. The fourth-order valence-corrected chi connectivity index (χ4v) is 5.57. The molecule has 0 unspecified atom stereocenters. The van der Waals surface area contributed by atoms with Crippen molar-refractivity contribution in [3.8, 4) is 10.7 Å². The highest BCUT2D eigenvalue weighted by atomic mass is 32.1. The van der Waals surface area contributed by atoms with Crippen molar-refractivity contribution >= 4 is 51.1 Å². The molecular weight excluding hydrogens is 440 g/mol. The molecule has 1 aliphatic rings. The summed E-state index contributed by atoms with van der Waals surface area (Å²) in [6.07, 6.45) is 0.476. The van der Waals surface area contributed by atoms with Crippen LogP contribution < -0.4 is 4.90 Å². The molecule has 5 heterocycles. The van der Waals surface area contributed by atoms with Crippen LogP contribution in [0.3, 0.4) is 0 Å². The molecule has 0 radical (unpaired) electrons. The Morgan fingerprint density at radius 3 is 2.50 bits per heavy atom. The van der Waals surface area contributed by atoms with E-state index in [1.165, 1.54) is 0 Å². The van der Waals surface area contributed by atoms with Crippen molar-refractivity contribution in [1.82, 2.24) is 24.5 Å². The minimum absolute atomic E-state index is 0.187. The monoisotopic (exact) mass is 460 g/mol. The number of fused-ring (bicyclic) bond motifs is 3. The molecule has 0 bridgehead atoms. The maximum Gasteiger partial charge on any atom is 0.227 e. The predicted molar refractivity (Wildman–Crippen MR) is 128 cm³/mol. The highest BCUT2D eigenvalue weighted by Crippen LogP contribution is 2.30. The Kier molecular flexibility index (Phi) is 4.84. The minimum atomic E-state index is 0.187. The van der Waals surface area contributed by atoms with E-state index in [0.29, 0.717) is 19.5 Å². The second-order valence-corrected chi connectivity index (χ2v) is 9.69. The second-order valence-electron chi connectivity index (χ2n) is 7.71. The van der Waals surface area contributed by atoms with Gasteiger partial charge in [0.1, 0.15) is 0 Å². The van der Waals surface area contributed by atoms with Gasteiger partial charge < -0.3 is 9.80 Å². The van der Waals surface area contributed by atoms with Gasteiger partial charge in [-0.05, 0) is 35.0 Å². The van der Waals surface area contributed by atoms with Crippen LogP contribution in [0.2, 0.25) is 0 Å². The van der Waals surface area contributed by atoms with Crippen molar-refractivity contribution in [2.45, 2.75) is 6.42 Å². The molecule has 1 amide bonds. The molecule has 0 saturated carbocycles. The largest absolute Gasteiger partial charge is 0.339 e. The third-order valence-corrected chi connectivity index (χ3v) is 7.53. The van der Waals surface area contributed by atoms with Crippen molar-refractivity contribution in [3.63, 3.8) is 0 Å². The van der Waals surface area contributed by atoms with Gasteiger partial charge >= 0.3 is 0 Å². The SMILES string of the molecule is O=C(Cc1cccs1)N1CCN(c2nc3ccccc3c3nnc(-c4cccs4)n23)CC1. The molecule has 9 heteroatoms. The Labute approximate surface area is 192 Å². The summed E-state index contributed by atoms with van der Waals surface area (Å²) in [6.45, 7) is 2.80. The topological polar surface area (TPSA) is 66.6 Å². The van der Waals surface area contributed by atoms with Gasteiger partial charge in [0, 0.05) is 36.4 Å². The summed E-state index contributed by atoms with van der Waals surface area (Å²) in [4.78, 5) is 24.1. The third kappa shape index (κ3) is 3.34. The van der Waals surface area contributed by atoms with E-state index in [1.807, 2.05) is 58.1 Å². The van der Waals surface area contributed by atoms with E-state index < -0.39 is 0 Å². The molecule has 1 aromatic carbocycles. The third-order valence-electron chi connectivity index (χ3n) is 5.79. The van der Waals surface area contributed by atoms with Crippen molar-refractivity contribution in [1.29, 1.82) is 0 Å². The van der Waals surface area contributed by atoms with Gasteiger partial charge in [-0.25, -0.2) is 9.38 Å². The maximum atomic E-state index is 12.7. The Hall–Kier alpha value is -3.30. The average molecular weight is 461 g/mol. The molecule has 1 fully saturated rings. The van der Waals surface area contributed by atoms with Crippen LogP contribution >= 0.6 is 22.7 Å². The summed E-state index contributed by atoms with van der Waals surface area (Å²) in [5.74, 6) is 1.82. The molecule has 4 aromatic heterocycles. The van der Waals surface area contributed by atoms with E-state index in [1.54, 1.807) is 22.7 Å². The molecular formula is C23H20N6OS2. The van der Waals surface area contributed by atoms with Crippen LogP contribution in [0.1, 0.15) is 4.88 Å². The van der Waals surface area contributed by atoms with E-state index >= 15 is 0 Å². The number of amides is 1. The first kappa shape index (κ1) is 19.4. The highest BCUT2D eigenvalue weighted by molar-refractivity contribution is 7.13. The summed E-state index contributed by atoms with van der Waals surface area (Å²) in [7, 11) is 0. The van der Waals surface area contributed by atoms with Crippen LogP contribution in [0.4, 0.5) is 5.95 Å². The molecule has 0 N–H and O–H groups in total. The number of hydrogen-bond donors (Lipinski definition) is 0. The van der Waals surface area contributed by atoms with Crippen LogP contribution in [-0.4, -0.2) is 56.6 Å². The van der Waals surface area contributed by atoms with E-state index in [9.17, 15) is 4.79 Å². The zero-order valence-corrected chi connectivity index (χ0v) is 18.9. The maximum absolute atomic E-state index is 12.7. The lowest BCUT2D eigenvalue weighted by Gasteiger charge is -2.35. The Morgan fingerprint density at radius 2 is 1.72 bits per heavy atom. The first-order chi connectivity index (χ1) is 15.8. The molecule has 6 rings (SSSR count). The molecule has 160 valence electrons. The first-order valence-corrected chi connectivity index (χ1v) is 12.3. The van der Waals surface area contributed by atoms with Crippen LogP contribution in [0, 0.1) is 0 Å². The fourth-order valence-electron chi connectivity index (χ4n) is 4.17. The molecule has 0 atom stereocenters. The quantitative estimate of drug-likeness (QED) is 0.406. The lowest BCUT2D eigenvalue weighted by atomic mass is 10.2. The molecule has 7 nitrogen and oxygen atoms in total. The molecule has 1 saturated heterocycles. The van der Waals surface area contributed by atoms with E-state index in [0.717, 1.165) is 51.2 Å². The minimum Gasteiger partial charge on any atom is -0.339 e. The number of aromatic nitrogens is 4. The van der Waals surface area contributed by atoms with E-state index in [4.69, 9.17) is 4.98 Å². The fraction of sp³-hybridized carbons (Fsp3) is 0.217. The predicted octanol–water partition coefficient (Wildman–Crippen LogP) is 3.96. The Bertz CT molecular complexity index is 1390. The number of nitrogens with zero attached hydrogens (tertiary/aromatic N) is 6. The summed E-state index contributed by atoms with van der Waals surface area (Å²) >= 11 is 3.27. The zero-order valence-electron chi connectivity index (χ0n) is 17.2. The summed E-state index contributed by atoms with van der Waals surface area (Å²) < 4.78 is 2.07. The van der Waals surface area contributed by atoms with Crippen molar-refractivity contribution in [2.75, 3.05) is 31.1 Å². The van der Waals surface area contributed by atoms with Gasteiger partial charge in [0.15, 0.2) is 11.5 Å². The van der Waals surface area contributed by atoms with Crippen molar-refractivity contribution < 1.29 is 4.79 Å². The zero-order chi connectivity index (χ0) is 21.5. The number of rotatable bonds is 4. The van der Waals surface area contributed by atoms with Gasteiger partial charge in [-0.1, -0.05) is 24.3 Å². The van der Waals surface area contributed by atoms with Crippen LogP contribution in [0.15, 0.2) is 59.3 Å². The molecule has 32 heavy (non-hydrogen) atoms. The van der Waals surface area contributed by atoms with Crippen LogP contribution in [0.5, 0.6) is 0 Å². The summed E-state index contributed by atoms with van der Waals surface area (Å²) in [5, 5.41) is 14.1. The van der Waals surface area contributed by atoms with Gasteiger partial charge in [0.25, 0.3) is 0 Å². The molecule has 5 aromatic rings. The lowest BCUT2D eigenvalue weighted by Crippen LogP contribution is -2.49. The van der Waals surface area contributed by atoms with Crippen molar-refractivity contribution in [2.24, 2.45) is 0 Å². The Balaban J connectivity index is 1.35. The summed E-state index contributed by atoms with van der Waals surface area (Å²) in [6, 6.07) is 16.1. The summed E-state index contributed by atoms with van der Waals surface area (Å²) in [5.41, 5.74) is 1.71. The number of anilines is 1. The lowest BCUT2D eigenvalue weighted by molar-refractivity contribution is -0.130. The smallest absolute Gasteiger partial charge is 0.227 e. The van der Waals surface area contributed by atoms with Gasteiger partial charge in [0.05, 0.1) is 16.8 Å². The normalized spacial score (nSPS) is 14.5. The van der Waals surface area contributed by atoms with Gasteiger partial charge in [0.2, 0.25) is 11.9 Å². The average Bonchev–Trinajstić information content (AvgIpc) is 3.60. The molecule has 1 aliphatic heterocycles. The number of hydrogen-bond acceptors (Lipinski definition) is 7. The van der Waals surface area contributed by atoms with E-state index in [2.05, 4.69) is 25.6 Å². The number of benzene rings is 1. The van der Waals surface area contributed by atoms with Gasteiger partial charge in [-0.3, -0.25) is 4.79 Å². The number of para-hydroxylation sites is 1.